The van der Waals surface area contributed by atoms with Gasteiger partial charge in [-0.15, -0.1) is 13.2 Å². The molecule has 3 N–H and O–H groups in total. The van der Waals surface area contributed by atoms with E-state index in [0.29, 0.717) is 18.5 Å². The zero-order chi connectivity index (χ0) is 22.7. The largest absolute Gasteiger partial charge is 0.573 e. The van der Waals surface area contributed by atoms with Gasteiger partial charge in [-0.3, -0.25) is 4.79 Å². The Balaban J connectivity index is 2.27. The number of halogens is 3. The second-order valence-electron chi connectivity index (χ2n) is 8.77. The Morgan fingerprint density at radius 2 is 1.83 bits per heavy atom. The summed E-state index contributed by atoms with van der Waals surface area (Å²) in [6.45, 7) is 9.76. The van der Waals surface area contributed by atoms with Crippen molar-refractivity contribution in [3.05, 3.63) is 17.7 Å². The maximum Gasteiger partial charge on any atom is 0.573 e. The molecular formula is C21H31F3N2O4. The molecule has 0 amide bonds. The van der Waals surface area contributed by atoms with Crippen LogP contribution in [0.25, 0.3) is 0 Å². The van der Waals surface area contributed by atoms with Crippen molar-refractivity contribution < 1.29 is 32.2 Å². The monoisotopic (exact) mass is 432 g/mol. The molecule has 30 heavy (non-hydrogen) atoms. The standard InChI is InChI=1S/C21H31F3N2O4/c1-6-28-18(27)8-7-13-9-15(25)16(10-17(13)29-21(22,23)24)26-14-11-19(2,3)30-20(4,5)12-14/h9-10,14,26H,6-8,11-12,25H2,1-5H3. The normalized spacial score (nSPS) is 18.7. The molecule has 0 radical (unpaired) electrons. The van der Waals surface area contributed by atoms with Crippen molar-refractivity contribution in [3.8, 4) is 5.75 Å². The van der Waals surface area contributed by atoms with E-state index >= 15 is 0 Å². The molecule has 0 aromatic heterocycles. The molecule has 170 valence electrons. The molecule has 1 aliphatic heterocycles. The van der Waals surface area contributed by atoms with Crippen molar-refractivity contribution in [1.82, 2.24) is 0 Å². The predicted octanol–water partition coefficient (Wildman–Crippen LogP) is 4.81. The molecule has 1 aromatic rings. The fourth-order valence-corrected chi connectivity index (χ4v) is 4.07. The van der Waals surface area contributed by atoms with Gasteiger partial charge in [0.05, 0.1) is 29.2 Å². The number of carbonyl (C=O) groups excluding carboxylic acids is 1. The number of nitrogens with two attached hydrogens (primary N) is 1. The molecule has 2 rings (SSSR count). The highest BCUT2D eigenvalue weighted by Gasteiger charge is 2.39. The summed E-state index contributed by atoms with van der Waals surface area (Å²) >= 11 is 0. The van der Waals surface area contributed by atoms with Crippen LogP contribution in [0.2, 0.25) is 0 Å². The third kappa shape index (κ3) is 7.27. The average Bonchev–Trinajstić information content (AvgIpc) is 2.52. The summed E-state index contributed by atoms with van der Waals surface area (Å²) in [6, 6.07) is 2.62. The van der Waals surface area contributed by atoms with Gasteiger partial charge in [-0.05, 0) is 65.5 Å². The highest BCUT2D eigenvalue weighted by molar-refractivity contribution is 5.73. The lowest BCUT2D eigenvalue weighted by molar-refractivity contribution is -0.274. The van der Waals surface area contributed by atoms with Gasteiger partial charge in [0, 0.05) is 18.5 Å². The minimum absolute atomic E-state index is 0.0199. The number of hydrogen-bond donors (Lipinski definition) is 2. The van der Waals surface area contributed by atoms with Crippen molar-refractivity contribution in [2.24, 2.45) is 0 Å². The van der Waals surface area contributed by atoms with Crippen molar-refractivity contribution in [3.63, 3.8) is 0 Å². The zero-order valence-electron chi connectivity index (χ0n) is 18.1. The maximum atomic E-state index is 13.0. The maximum absolute atomic E-state index is 13.0. The van der Waals surface area contributed by atoms with Gasteiger partial charge in [-0.1, -0.05) is 0 Å². The number of nitrogens with one attached hydrogen (secondary N) is 1. The topological polar surface area (TPSA) is 82.8 Å². The number of nitrogen functional groups attached to an aromatic ring is 1. The Labute approximate surface area is 175 Å². The van der Waals surface area contributed by atoms with E-state index in [9.17, 15) is 18.0 Å². The third-order valence-corrected chi connectivity index (χ3v) is 4.75. The summed E-state index contributed by atoms with van der Waals surface area (Å²) in [5.74, 6) is -0.878. The van der Waals surface area contributed by atoms with E-state index in [1.165, 1.54) is 12.1 Å². The second kappa shape index (κ2) is 8.91. The Kier molecular flexibility index (Phi) is 7.16. The van der Waals surface area contributed by atoms with Crippen LogP contribution in [0.4, 0.5) is 24.5 Å². The molecule has 1 fully saturated rings. The lowest BCUT2D eigenvalue weighted by atomic mass is 9.85. The van der Waals surface area contributed by atoms with E-state index < -0.39 is 12.3 Å². The van der Waals surface area contributed by atoms with Crippen molar-refractivity contribution in [2.75, 3.05) is 17.7 Å². The van der Waals surface area contributed by atoms with Crippen LogP contribution in [0.15, 0.2) is 12.1 Å². The molecule has 0 saturated carbocycles. The first-order chi connectivity index (χ1) is 13.7. The molecule has 0 bridgehead atoms. The second-order valence-corrected chi connectivity index (χ2v) is 8.77. The average molecular weight is 432 g/mol. The van der Waals surface area contributed by atoms with E-state index in [1.54, 1.807) is 6.92 Å². The minimum Gasteiger partial charge on any atom is -0.466 e. The summed E-state index contributed by atoms with van der Waals surface area (Å²) in [6.07, 6.45) is -3.59. The van der Waals surface area contributed by atoms with Crippen molar-refractivity contribution >= 4 is 17.3 Å². The fourth-order valence-electron chi connectivity index (χ4n) is 4.07. The van der Waals surface area contributed by atoms with Crippen molar-refractivity contribution in [1.29, 1.82) is 0 Å². The minimum atomic E-state index is -4.87. The SMILES string of the molecule is CCOC(=O)CCc1cc(N)c(NC2CC(C)(C)OC(C)(C)C2)cc1OC(F)(F)F. The fraction of sp³-hybridized carbons (Fsp3) is 0.667. The summed E-state index contributed by atoms with van der Waals surface area (Å²) in [7, 11) is 0. The highest BCUT2D eigenvalue weighted by atomic mass is 19.4. The molecule has 1 aliphatic rings. The van der Waals surface area contributed by atoms with Crippen LogP contribution in [-0.2, 0) is 20.7 Å². The van der Waals surface area contributed by atoms with Gasteiger partial charge in [0.15, 0.2) is 0 Å². The van der Waals surface area contributed by atoms with Gasteiger partial charge in [-0.25, -0.2) is 0 Å². The van der Waals surface area contributed by atoms with Gasteiger partial charge in [-0.2, -0.15) is 0 Å². The number of anilines is 2. The van der Waals surface area contributed by atoms with E-state index in [0.717, 1.165) is 0 Å². The first kappa shape index (κ1) is 24.1. The van der Waals surface area contributed by atoms with Gasteiger partial charge in [0.2, 0.25) is 0 Å². The Bertz CT molecular complexity index is 747. The summed E-state index contributed by atoms with van der Waals surface area (Å²) < 4.78 is 54.0. The molecule has 1 heterocycles. The van der Waals surface area contributed by atoms with Gasteiger partial charge in [0.1, 0.15) is 5.75 Å². The number of alkyl halides is 3. The van der Waals surface area contributed by atoms with Crippen LogP contribution in [0.3, 0.4) is 0 Å². The lowest BCUT2D eigenvalue weighted by Crippen LogP contribution is -2.49. The lowest BCUT2D eigenvalue weighted by Gasteiger charge is -2.45. The van der Waals surface area contributed by atoms with Crippen LogP contribution < -0.4 is 15.8 Å². The zero-order valence-corrected chi connectivity index (χ0v) is 18.1. The molecule has 1 saturated heterocycles. The Hall–Kier alpha value is -2.16. The number of carbonyl (C=O) groups is 1. The van der Waals surface area contributed by atoms with E-state index in [1.807, 2.05) is 27.7 Å². The van der Waals surface area contributed by atoms with E-state index in [-0.39, 0.29) is 53.7 Å². The Morgan fingerprint density at radius 3 is 2.37 bits per heavy atom. The number of aryl methyl sites for hydroxylation is 1. The molecule has 0 aliphatic carbocycles. The van der Waals surface area contributed by atoms with E-state index in [2.05, 4.69) is 10.1 Å². The number of esters is 1. The molecule has 1 aromatic carbocycles. The predicted molar refractivity (Wildman–Crippen MR) is 108 cm³/mol. The summed E-state index contributed by atoms with van der Waals surface area (Å²) in [5.41, 5.74) is 6.17. The number of benzene rings is 1. The molecule has 9 heteroatoms. The van der Waals surface area contributed by atoms with Crippen LogP contribution in [0, 0.1) is 0 Å². The van der Waals surface area contributed by atoms with Gasteiger partial charge in [0.25, 0.3) is 0 Å². The van der Waals surface area contributed by atoms with Crippen LogP contribution in [0.5, 0.6) is 5.75 Å². The number of hydrogen-bond acceptors (Lipinski definition) is 6. The summed E-state index contributed by atoms with van der Waals surface area (Å²) in [5, 5.41) is 3.25. The van der Waals surface area contributed by atoms with Gasteiger partial charge < -0.3 is 25.3 Å². The van der Waals surface area contributed by atoms with Gasteiger partial charge >= 0.3 is 12.3 Å². The van der Waals surface area contributed by atoms with Crippen LogP contribution >= 0.6 is 0 Å². The Morgan fingerprint density at radius 1 is 1.23 bits per heavy atom. The first-order valence-corrected chi connectivity index (χ1v) is 10.0. The van der Waals surface area contributed by atoms with Crippen LogP contribution in [-0.4, -0.2) is 36.2 Å². The molecule has 6 nitrogen and oxygen atoms in total. The highest BCUT2D eigenvalue weighted by Crippen LogP contribution is 2.39. The summed E-state index contributed by atoms with van der Waals surface area (Å²) in [4.78, 5) is 11.6. The first-order valence-electron chi connectivity index (χ1n) is 10.0. The smallest absolute Gasteiger partial charge is 0.466 e. The quantitative estimate of drug-likeness (QED) is 0.475. The third-order valence-electron chi connectivity index (χ3n) is 4.75. The number of rotatable bonds is 7. The van der Waals surface area contributed by atoms with E-state index in [4.69, 9.17) is 15.2 Å². The van der Waals surface area contributed by atoms with Crippen molar-refractivity contribution in [2.45, 2.75) is 83.9 Å². The molecular weight excluding hydrogens is 401 g/mol. The molecule has 0 spiro atoms. The number of ether oxygens (including phenoxy) is 3. The van der Waals surface area contributed by atoms with Crippen LogP contribution in [0.1, 0.15) is 59.4 Å². The molecule has 0 unspecified atom stereocenters. The molecule has 0 atom stereocenters.